The molecule has 0 amide bonds. The lowest BCUT2D eigenvalue weighted by atomic mass is 9.96. The fourth-order valence-electron chi connectivity index (χ4n) is 1.62. The van der Waals surface area contributed by atoms with E-state index in [0.717, 1.165) is 5.56 Å². The Morgan fingerprint density at radius 2 is 2.13 bits per heavy atom. The van der Waals surface area contributed by atoms with Gasteiger partial charge in [-0.15, -0.1) is 0 Å². The van der Waals surface area contributed by atoms with Crippen LogP contribution < -0.4 is 0 Å². The zero-order valence-corrected chi connectivity index (χ0v) is 9.67. The van der Waals surface area contributed by atoms with Gasteiger partial charge in [0.25, 0.3) is 0 Å². The summed E-state index contributed by atoms with van der Waals surface area (Å²) in [5, 5.41) is 7.41. The van der Waals surface area contributed by atoms with Crippen LogP contribution in [0.5, 0.6) is 0 Å². The lowest BCUT2D eigenvalue weighted by Gasteiger charge is -2.13. The number of nitrogens with one attached hydrogen (secondary N) is 1. The summed E-state index contributed by atoms with van der Waals surface area (Å²) in [5.41, 5.74) is 1.44. The van der Waals surface area contributed by atoms with Crippen molar-refractivity contribution in [2.45, 2.75) is 31.1 Å². The summed E-state index contributed by atoms with van der Waals surface area (Å²) in [6.07, 6.45) is 0.619. The standard InChI is InChI=1S/C11H15NO2S/c1-8(7-9(2)12)10-5-3-4-6-11(10)15(13)14/h3-6,8,12H,7H2,1-2H3,(H,13,14)/t8-/m0/s1. The van der Waals surface area contributed by atoms with E-state index in [4.69, 9.17) is 9.96 Å². The molecule has 0 aliphatic heterocycles. The molecule has 1 rings (SSSR count). The summed E-state index contributed by atoms with van der Waals surface area (Å²) in [6, 6.07) is 7.09. The van der Waals surface area contributed by atoms with Crippen LogP contribution in [0.1, 0.15) is 31.7 Å². The van der Waals surface area contributed by atoms with Crippen molar-refractivity contribution >= 4 is 16.8 Å². The Morgan fingerprint density at radius 3 is 2.67 bits per heavy atom. The second-order valence-corrected chi connectivity index (χ2v) is 4.61. The van der Waals surface area contributed by atoms with Crippen LogP contribution in [0.3, 0.4) is 0 Å². The van der Waals surface area contributed by atoms with Crippen molar-refractivity contribution < 1.29 is 8.76 Å². The molecule has 4 heteroatoms. The first-order valence-electron chi connectivity index (χ1n) is 4.76. The Morgan fingerprint density at radius 1 is 1.53 bits per heavy atom. The first-order chi connectivity index (χ1) is 7.02. The second kappa shape index (κ2) is 5.19. The normalized spacial score (nSPS) is 14.6. The highest BCUT2D eigenvalue weighted by molar-refractivity contribution is 7.79. The van der Waals surface area contributed by atoms with E-state index in [-0.39, 0.29) is 5.92 Å². The van der Waals surface area contributed by atoms with Crippen LogP contribution in [0.4, 0.5) is 0 Å². The first kappa shape index (κ1) is 12.1. The Hall–Kier alpha value is -1.00. The molecule has 0 radical (unpaired) electrons. The quantitative estimate of drug-likeness (QED) is 0.611. The van der Waals surface area contributed by atoms with Gasteiger partial charge in [0.05, 0.1) is 4.90 Å². The maximum absolute atomic E-state index is 11.1. The van der Waals surface area contributed by atoms with Crippen LogP contribution in [0, 0.1) is 5.41 Å². The maximum atomic E-state index is 11.1. The van der Waals surface area contributed by atoms with Gasteiger partial charge in [-0.25, -0.2) is 4.21 Å². The van der Waals surface area contributed by atoms with Crippen molar-refractivity contribution in [1.82, 2.24) is 0 Å². The van der Waals surface area contributed by atoms with E-state index in [0.29, 0.717) is 17.0 Å². The monoisotopic (exact) mass is 225 g/mol. The Balaban J connectivity index is 3.02. The van der Waals surface area contributed by atoms with E-state index in [1.165, 1.54) is 0 Å². The molecule has 0 heterocycles. The third-order valence-electron chi connectivity index (χ3n) is 2.25. The van der Waals surface area contributed by atoms with Gasteiger partial charge in [-0.3, -0.25) is 0 Å². The van der Waals surface area contributed by atoms with Gasteiger partial charge in [-0.05, 0) is 30.9 Å². The highest BCUT2D eigenvalue weighted by Crippen LogP contribution is 2.24. The molecule has 0 spiro atoms. The number of hydrogen-bond donors (Lipinski definition) is 2. The summed E-state index contributed by atoms with van der Waals surface area (Å²) in [7, 11) is 0. The van der Waals surface area contributed by atoms with Crippen LogP contribution in [-0.4, -0.2) is 14.5 Å². The minimum absolute atomic E-state index is 0.106. The highest BCUT2D eigenvalue weighted by atomic mass is 32.2. The molecule has 1 aromatic carbocycles. The molecule has 0 fully saturated rings. The van der Waals surface area contributed by atoms with Crippen molar-refractivity contribution in [2.24, 2.45) is 0 Å². The average molecular weight is 225 g/mol. The average Bonchev–Trinajstić information content (AvgIpc) is 2.16. The van der Waals surface area contributed by atoms with E-state index < -0.39 is 11.1 Å². The van der Waals surface area contributed by atoms with E-state index in [9.17, 15) is 4.21 Å². The Labute approximate surface area is 92.3 Å². The predicted molar refractivity (Wildman–Crippen MR) is 61.9 cm³/mol. The molecule has 1 aromatic rings. The van der Waals surface area contributed by atoms with Gasteiger partial charge < -0.3 is 9.96 Å². The third kappa shape index (κ3) is 3.25. The molecule has 15 heavy (non-hydrogen) atoms. The van der Waals surface area contributed by atoms with Crippen LogP contribution in [0.2, 0.25) is 0 Å². The topological polar surface area (TPSA) is 61.2 Å². The van der Waals surface area contributed by atoms with Crippen molar-refractivity contribution in [2.75, 3.05) is 0 Å². The molecule has 1 unspecified atom stereocenters. The van der Waals surface area contributed by atoms with Gasteiger partial charge in [0.2, 0.25) is 0 Å². The maximum Gasteiger partial charge on any atom is 0.186 e. The zero-order chi connectivity index (χ0) is 11.4. The van der Waals surface area contributed by atoms with Crippen molar-refractivity contribution in [1.29, 1.82) is 5.41 Å². The van der Waals surface area contributed by atoms with Crippen molar-refractivity contribution in [3.8, 4) is 0 Å². The molecule has 0 aromatic heterocycles. The van der Waals surface area contributed by atoms with Gasteiger partial charge in [-0.1, -0.05) is 25.1 Å². The first-order valence-corrected chi connectivity index (χ1v) is 5.87. The van der Waals surface area contributed by atoms with Crippen LogP contribution >= 0.6 is 0 Å². The lowest BCUT2D eigenvalue weighted by molar-refractivity contribution is 0.561. The van der Waals surface area contributed by atoms with E-state index in [1.54, 1.807) is 19.1 Å². The summed E-state index contributed by atoms with van der Waals surface area (Å²) in [4.78, 5) is 0.450. The van der Waals surface area contributed by atoms with Gasteiger partial charge in [0.1, 0.15) is 0 Å². The molecule has 2 N–H and O–H groups in total. The molecule has 0 aliphatic carbocycles. The Bertz CT molecular complexity index is 390. The Kier molecular flexibility index (Phi) is 4.17. The van der Waals surface area contributed by atoms with Gasteiger partial charge in [-0.2, -0.15) is 0 Å². The van der Waals surface area contributed by atoms with Crippen molar-refractivity contribution in [3.05, 3.63) is 29.8 Å². The van der Waals surface area contributed by atoms with Crippen LogP contribution in [0.25, 0.3) is 0 Å². The van der Waals surface area contributed by atoms with Crippen LogP contribution in [0.15, 0.2) is 29.2 Å². The summed E-state index contributed by atoms with van der Waals surface area (Å²) < 4.78 is 20.2. The van der Waals surface area contributed by atoms with E-state index >= 15 is 0 Å². The number of benzene rings is 1. The molecular formula is C11H15NO2S. The minimum atomic E-state index is -1.95. The predicted octanol–water partition coefficient (Wildman–Crippen LogP) is 2.80. The summed E-state index contributed by atoms with van der Waals surface area (Å²) in [6.45, 7) is 3.71. The second-order valence-electron chi connectivity index (χ2n) is 3.67. The van der Waals surface area contributed by atoms with Crippen LogP contribution in [-0.2, 0) is 11.1 Å². The molecule has 0 saturated carbocycles. The molecular weight excluding hydrogens is 210 g/mol. The molecule has 0 saturated heterocycles. The minimum Gasteiger partial charge on any atom is -0.310 e. The van der Waals surface area contributed by atoms with E-state index in [1.807, 2.05) is 19.1 Å². The van der Waals surface area contributed by atoms with E-state index in [2.05, 4.69) is 0 Å². The number of rotatable bonds is 4. The van der Waals surface area contributed by atoms with Gasteiger partial charge in [0.15, 0.2) is 11.1 Å². The molecule has 82 valence electrons. The molecule has 0 bridgehead atoms. The lowest BCUT2D eigenvalue weighted by Crippen LogP contribution is -2.04. The smallest absolute Gasteiger partial charge is 0.186 e. The summed E-state index contributed by atoms with van der Waals surface area (Å²) in [5.74, 6) is 0.106. The van der Waals surface area contributed by atoms with Gasteiger partial charge >= 0.3 is 0 Å². The zero-order valence-electron chi connectivity index (χ0n) is 8.86. The summed E-state index contributed by atoms with van der Waals surface area (Å²) >= 11 is -1.95. The molecule has 3 nitrogen and oxygen atoms in total. The fraction of sp³-hybridized carbons (Fsp3) is 0.364. The van der Waals surface area contributed by atoms with Gasteiger partial charge in [0, 0.05) is 5.71 Å². The largest absolute Gasteiger partial charge is 0.310 e. The molecule has 0 aliphatic rings. The molecule has 2 atom stereocenters. The SMILES string of the molecule is CC(=N)C[C@H](C)c1ccccc1S(=O)O. The third-order valence-corrected chi connectivity index (χ3v) is 3.00. The fourth-order valence-corrected chi connectivity index (χ4v) is 2.28. The number of hydrogen-bond acceptors (Lipinski definition) is 2. The highest BCUT2D eigenvalue weighted by Gasteiger charge is 2.13. The van der Waals surface area contributed by atoms with Crippen molar-refractivity contribution in [3.63, 3.8) is 0 Å².